The van der Waals surface area contributed by atoms with Gasteiger partial charge in [0.15, 0.2) is 5.76 Å². The van der Waals surface area contributed by atoms with Crippen molar-refractivity contribution in [1.29, 1.82) is 0 Å². The van der Waals surface area contributed by atoms with Crippen LogP contribution >= 0.6 is 11.8 Å². The van der Waals surface area contributed by atoms with E-state index in [-0.39, 0.29) is 23.9 Å². The van der Waals surface area contributed by atoms with Crippen LogP contribution in [0, 0.1) is 13.8 Å². The lowest BCUT2D eigenvalue weighted by Gasteiger charge is -2.34. The fourth-order valence-electron chi connectivity index (χ4n) is 3.24. The Morgan fingerprint density at radius 3 is 2.43 bits per heavy atom. The molecule has 0 aliphatic carbocycles. The van der Waals surface area contributed by atoms with Crippen LogP contribution in [0.15, 0.2) is 44.6 Å². The molecule has 7 nitrogen and oxygen atoms in total. The zero-order valence-corrected chi connectivity index (χ0v) is 17.8. The molecule has 1 fully saturated rings. The van der Waals surface area contributed by atoms with Crippen molar-refractivity contribution in [3.63, 3.8) is 0 Å². The number of hydrogen-bond donors (Lipinski definition) is 0. The van der Waals surface area contributed by atoms with Crippen molar-refractivity contribution in [3.8, 4) is 0 Å². The van der Waals surface area contributed by atoms with Gasteiger partial charge in [0, 0.05) is 37.5 Å². The summed E-state index contributed by atoms with van der Waals surface area (Å²) in [6, 6.07) is 10.1. The average Bonchev–Trinajstić information content (AvgIpc) is 3.05. The van der Waals surface area contributed by atoms with Crippen LogP contribution in [0.3, 0.4) is 0 Å². The third kappa shape index (κ3) is 4.76. The van der Waals surface area contributed by atoms with Gasteiger partial charge < -0.3 is 9.42 Å². The monoisotopic (exact) mass is 423 g/mol. The van der Waals surface area contributed by atoms with Crippen molar-refractivity contribution in [3.05, 3.63) is 41.8 Å². The van der Waals surface area contributed by atoms with Gasteiger partial charge in [0.2, 0.25) is 15.9 Å². The van der Waals surface area contributed by atoms with Crippen LogP contribution in [0.4, 0.5) is 0 Å². The van der Waals surface area contributed by atoms with E-state index in [1.807, 2.05) is 18.2 Å². The summed E-state index contributed by atoms with van der Waals surface area (Å²) in [4.78, 5) is 15.5. The van der Waals surface area contributed by atoms with Crippen molar-refractivity contribution in [2.45, 2.75) is 36.5 Å². The van der Waals surface area contributed by atoms with Crippen LogP contribution in [-0.2, 0) is 14.8 Å². The van der Waals surface area contributed by atoms with Gasteiger partial charge in [-0.1, -0.05) is 23.4 Å². The van der Waals surface area contributed by atoms with E-state index >= 15 is 0 Å². The van der Waals surface area contributed by atoms with Crippen LogP contribution < -0.4 is 0 Å². The molecule has 1 aromatic carbocycles. The van der Waals surface area contributed by atoms with E-state index in [4.69, 9.17) is 4.52 Å². The van der Waals surface area contributed by atoms with Crippen LogP contribution in [0.5, 0.6) is 0 Å². The van der Waals surface area contributed by atoms with Gasteiger partial charge in [0.25, 0.3) is 0 Å². The smallest absolute Gasteiger partial charge is 0.248 e. The van der Waals surface area contributed by atoms with Crippen LogP contribution in [0.25, 0.3) is 0 Å². The summed E-state index contributed by atoms with van der Waals surface area (Å²) in [5.74, 6) is 1.27. The molecule has 2 aromatic rings. The number of aromatic nitrogens is 1. The predicted molar refractivity (Wildman–Crippen MR) is 108 cm³/mol. The number of carbonyl (C=O) groups excluding carboxylic acids is 1. The minimum atomic E-state index is -3.64. The molecular formula is C19H25N3O4S2. The van der Waals surface area contributed by atoms with E-state index in [1.54, 1.807) is 30.5 Å². The summed E-state index contributed by atoms with van der Waals surface area (Å²) >= 11 is 1.74. The number of nitrogens with zero attached hydrogens (tertiary/aromatic N) is 3. The highest BCUT2D eigenvalue weighted by molar-refractivity contribution is 7.99. The summed E-state index contributed by atoms with van der Waals surface area (Å²) in [6.07, 6.45) is 1.28. The highest BCUT2D eigenvalue weighted by Gasteiger charge is 2.34. The van der Waals surface area contributed by atoms with Crippen molar-refractivity contribution in [1.82, 2.24) is 14.4 Å². The standard InChI is InChI=1S/C19H25N3O4S2/c1-15-19(16(2)26-20-15)28(24,25)22-12-10-21(11-13-22)18(23)9-6-14-27-17-7-4-3-5-8-17/h3-5,7-8H,6,9-14H2,1-2H3. The third-order valence-corrected chi connectivity index (χ3v) is 7.95. The van der Waals surface area contributed by atoms with E-state index in [0.29, 0.717) is 31.0 Å². The molecule has 1 amide bonds. The molecule has 1 aromatic heterocycles. The van der Waals surface area contributed by atoms with Gasteiger partial charge >= 0.3 is 0 Å². The van der Waals surface area contributed by atoms with Gasteiger partial charge in [0.1, 0.15) is 10.6 Å². The quantitative estimate of drug-likeness (QED) is 0.503. The summed E-state index contributed by atoms with van der Waals surface area (Å²) in [6.45, 7) is 4.62. The Labute approximate surface area is 170 Å². The molecule has 1 aliphatic heterocycles. The number of amides is 1. The minimum absolute atomic E-state index is 0.0862. The Kier molecular flexibility index (Phi) is 6.79. The lowest BCUT2D eigenvalue weighted by atomic mass is 10.2. The largest absolute Gasteiger partial charge is 0.360 e. The van der Waals surface area contributed by atoms with E-state index in [0.717, 1.165) is 12.2 Å². The van der Waals surface area contributed by atoms with E-state index in [2.05, 4.69) is 17.3 Å². The maximum atomic E-state index is 12.8. The molecule has 2 heterocycles. The highest BCUT2D eigenvalue weighted by atomic mass is 32.2. The summed E-state index contributed by atoms with van der Waals surface area (Å²) in [7, 11) is -3.64. The van der Waals surface area contributed by atoms with E-state index in [1.165, 1.54) is 9.20 Å². The topological polar surface area (TPSA) is 83.7 Å². The average molecular weight is 424 g/mol. The minimum Gasteiger partial charge on any atom is -0.360 e. The zero-order valence-electron chi connectivity index (χ0n) is 16.1. The van der Waals surface area contributed by atoms with Crippen LogP contribution in [0.1, 0.15) is 24.3 Å². The molecule has 0 unspecified atom stereocenters. The van der Waals surface area contributed by atoms with Crippen molar-refractivity contribution < 1.29 is 17.7 Å². The molecule has 1 saturated heterocycles. The summed E-state index contributed by atoms with van der Waals surface area (Å²) in [5, 5.41) is 3.74. The molecule has 9 heteroatoms. The van der Waals surface area contributed by atoms with Gasteiger partial charge in [-0.15, -0.1) is 11.8 Å². The highest BCUT2D eigenvalue weighted by Crippen LogP contribution is 2.24. The molecule has 1 aliphatic rings. The number of benzene rings is 1. The Morgan fingerprint density at radius 2 is 1.82 bits per heavy atom. The molecule has 0 atom stereocenters. The number of hydrogen-bond acceptors (Lipinski definition) is 6. The number of rotatable bonds is 7. The molecule has 0 N–H and O–H groups in total. The molecule has 152 valence electrons. The third-order valence-electron chi connectivity index (χ3n) is 4.70. The molecule has 0 saturated carbocycles. The maximum absolute atomic E-state index is 12.8. The second-order valence-electron chi connectivity index (χ2n) is 6.70. The van der Waals surface area contributed by atoms with Crippen molar-refractivity contribution >= 4 is 27.7 Å². The lowest BCUT2D eigenvalue weighted by molar-refractivity contribution is -0.132. The first-order chi connectivity index (χ1) is 13.4. The SMILES string of the molecule is Cc1noc(C)c1S(=O)(=O)N1CCN(C(=O)CCCSc2ccccc2)CC1. The fraction of sp³-hybridized carbons (Fsp3) is 0.474. The van der Waals surface area contributed by atoms with Gasteiger partial charge in [-0.25, -0.2) is 8.42 Å². The van der Waals surface area contributed by atoms with Gasteiger partial charge in [-0.2, -0.15) is 4.31 Å². The van der Waals surface area contributed by atoms with Crippen LogP contribution in [0.2, 0.25) is 0 Å². The first-order valence-corrected chi connectivity index (χ1v) is 11.7. The number of aryl methyl sites for hydroxylation is 2. The van der Waals surface area contributed by atoms with Crippen LogP contribution in [-0.4, -0.2) is 60.6 Å². The second kappa shape index (κ2) is 9.11. The number of thioether (sulfide) groups is 1. The van der Waals surface area contributed by atoms with Crippen molar-refractivity contribution in [2.75, 3.05) is 31.9 Å². The Hall–Kier alpha value is -1.84. The summed E-state index contributed by atoms with van der Waals surface area (Å²) < 4.78 is 32.1. The normalized spacial score (nSPS) is 15.7. The van der Waals surface area contributed by atoms with E-state index in [9.17, 15) is 13.2 Å². The Morgan fingerprint density at radius 1 is 1.14 bits per heavy atom. The van der Waals surface area contributed by atoms with Gasteiger partial charge in [-0.05, 0) is 38.2 Å². The maximum Gasteiger partial charge on any atom is 0.248 e. The molecule has 0 bridgehead atoms. The fourth-order valence-corrected chi connectivity index (χ4v) is 5.83. The zero-order chi connectivity index (χ0) is 20.1. The Bertz CT molecular complexity index is 885. The first kappa shape index (κ1) is 20.9. The van der Waals surface area contributed by atoms with Gasteiger partial charge in [0.05, 0.1) is 0 Å². The number of piperazine rings is 1. The first-order valence-electron chi connectivity index (χ1n) is 9.28. The summed E-state index contributed by atoms with van der Waals surface area (Å²) in [5.41, 5.74) is 0.368. The Balaban J connectivity index is 1.46. The number of sulfonamides is 1. The van der Waals surface area contributed by atoms with Gasteiger partial charge in [-0.3, -0.25) is 4.79 Å². The molecule has 3 rings (SSSR count). The molecular weight excluding hydrogens is 398 g/mol. The predicted octanol–water partition coefficient (Wildman–Crippen LogP) is 2.70. The lowest BCUT2D eigenvalue weighted by Crippen LogP contribution is -2.50. The molecule has 0 spiro atoms. The number of carbonyl (C=O) groups is 1. The van der Waals surface area contributed by atoms with E-state index < -0.39 is 10.0 Å². The molecule has 28 heavy (non-hydrogen) atoms. The van der Waals surface area contributed by atoms with Crippen molar-refractivity contribution in [2.24, 2.45) is 0 Å². The second-order valence-corrected chi connectivity index (χ2v) is 9.75. The molecule has 0 radical (unpaired) electrons.